The Bertz CT molecular complexity index is 287. The van der Waals surface area contributed by atoms with Crippen LogP contribution in [0.25, 0.3) is 0 Å². The molecule has 2 nitrogen and oxygen atoms in total. The summed E-state index contributed by atoms with van der Waals surface area (Å²) in [5, 5.41) is 3.65. The molecule has 1 aromatic heterocycles. The highest BCUT2D eigenvalue weighted by atomic mass is 14.9. The Balaban J connectivity index is 1.80. The quantitative estimate of drug-likeness (QED) is 0.781. The van der Waals surface area contributed by atoms with Gasteiger partial charge in [-0.15, -0.1) is 0 Å². The molecule has 84 valence electrons. The molecule has 1 unspecified atom stereocenters. The van der Waals surface area contributed by atoms with Crippen LogP contribution in [0.3, 0.4) is 0 Å². The predicted octanol–water partition coefficient (Wildman–Crippen LogP) is 3.07. The first-order valence-electron chi connectivity index (χ1n) is 6.01. The minimum atomic E-state index is 0.533. The summed E-state index contributed by atoms with van der Waals surface area (Å²) in [7, 11) is 0. The Labute approximate surface area is 92.5 Å². The number of hydrogen-bond acceptors (Lipinski definition) is 1. The standard InChI is InChI=1S/C13H22N2/c1-13(2)7-3-5-11(9-13)15-10-12-6-4-8-14-12/h4,6,8,11,14-15H,3,5,7,9-10H2,1-2H3. The van der Waals surface area contributed by atoms with Gasteiger partial charge in [0, 0.05) is 24.5 Å². The average Bonchev–Trinajstić information content (AvgIpc) is 2.65. The monoisotopic (exact) mass is 206 g/mol. The second-order valence-electron chi connectivity index (χ2n) is 5.53. The summed E-state index contributed by atoms with van der Waals surface area (Å²) >= 11 is 0. The number of aromatic nitrogens is 1. The maximum Gasteiger partial charge on any atom is 0.0359 e. The van der Waals surface area contributed by atoms with E-state index in [4.69, 9.17) is 0 Å². The molecular formula is C13H22N2. The molecule has 0 bridgehead atoms. The molecule has 0 amide bonds. The van der Waals surface area contributed by atoms with E-state index in [2.05, 4.69) is 36.3 Å². The summed E-state index contributed by atoms with van der Waals surface area (Å²) in [6.45, 7) is 5.75. The van der Waals surface area contributed by atoms with E-state index in [-0.39, 0.29) is 0 Å². The van der Waals surface area contributed by atoms with Gasteiger partial charge in [0.05, 0.1) is 0 Å². The molecule has 0 radical (unpaired) electrons. The Morgan fingerprint density at radius 3 is 3.07 bits per heavy atom. The van der Waals surface area contributed by atoms with Gasteiger partial charge in [-0.3, -0.25) is 0 Å². The molecule has 2 rings (SSSR count). The highest BCUT2D eigenvalue weighted by molar-refractivity contribution is 5.03. The molecule has 2 heteroatoms. The fraction of sp³-hybridized carbons (Fsp3) is 0.692. The number of hydrogen-bond donors (Lipinski definition) is 2. The van der Waals surface area contributed by atoms with Crippen molar-refractivity contribution in [3.63, 3.8) is 0 Å². The molecule has 1 aliphatic rings. The molecule has 1 fully saturated rings. The fourth-order valence-corrected chi connectivity index (χ4v) is 2.60. The van der Waals surface area contributed by atoms with Crippen molar-refractivity contribution < 1.29 is 0 Å². The molecule has 1 saturated carbocycles. The molecule has 0 spiro atoms. The van der Waals surface area contributed by atoms with Crippen LogP contribution in [0.15, 0.2) is 18.3 Å². The first-order chi connectivity index (χ1) is 7.16. The van der Waals surface area contributed by atoms with Crippen LogP contribution in [0.2, 0.25) is 0 Å². The molecule has 2 N–H and O–H groups in total. The number of nitrogens with one attached hydrogen (secondary N) is 2. The van der Waals surface area contributed by atoms with Gasteiger partial charge in [-0.1, -0.05) is 20.3 Å². The molecule has 1 aromatic rings. The van der Waals surface area contributed by atoms with E-state index in [9.17, 15) is 0 Å². The Morgan fingerprint density at radius 2 is 2.40 bits per heavy atom. The lowest BCUT2D eigenvalue weighted by molar-refractivity contribution is 0.197. The Morgan fingerprint density at radius 1 is 1.53 bits per heavy atom. The summed E-state index contributed by atoms with van der Waals surface area (Å²) in [6.07, 6.45) is 7.39. The molecule has 1 atom stereocenters. The molecular weight excluding hydrogens is 184 g/mol. The van der Waals surface area contributed by atoms with Crippen molar-refractivity contribution >= 4 is 0 Å². The van der Waals surface area contributed by atoms with Gasteiger partial charge in [0.2, 0.25) is 0 Å². The van der Waals surface area contributed by atoms with Crippen molar-refractivity contribution in [2.24, 2.45) is 5.41 Å². The van der Waals surface area contributed by atoms with E-state index >= 15 is 0 Å². The van der Waals surface area contributed by atoms with Crippen LogP contribution in [0, 0.1) is 5.41 Å². The van der Waals surface area contributed by atoms with Crippen LogP contribution in [0.4, 0.5) is 0 Å². The Kier molecular flexibility index (Phi) is 3.15. The van der Waals surface area contributed by atoms with Crippen LogP contribution < -0.4 is 5.32 Å². The third-order valence-electron chi connectivity index (χ3n) is 3.45. The highest BCUT2D eigenvalue weighted by Crippen LogP contribution is 2.35. The lowest BCUT2D eigenvalue weighted by atomic mass is 9.75. The highest BCUT2D eigenvalue weighted by Gasteiger charge is 2.27. The zero-order valence-corrected chi connectivity index (χ0v) is 9.84. The molecule has 1 heterocycles. The van der Waals surface area contributed by atoms with Crippen LogP contribution in [0.5, 0.6) is 0 Å². The first kappa shape index (κ1) is 10.7. The van der Waals surface area contributed by atoms with Crippen LogP contribution in [-0.2, 0) is 6.54 Å². The first-order valence-corrected chi connectivity index (χ1v) is 6.01. The zero-order chi connectivity index (χ0) is 10.7. The van der Waals surface area contributed by atoms with Crippen molar-refractivity contribution in [1.29, 1.82) is 0 Å². The maximum atomic E-state index is 3.65. The molecule has 1 aliphatic carbocycles. The van der Waals surface area contributed by atoms with Crippen molar-refractivity contribution in [3.8, 4) is 0 Å². The van der Waals surface area contributed by atoms with E-state index in [0.717, 1.165) is 6.54 Å². The van der Waals surface area contributed by atoms with Gasteiger partial charge in [-0.2, -0.15) is 0 Å². The van der Waals surface area contributed by atoms with Gasteiger partial charge >= 0.3 is 0 Å². The number of rotatable bonds is 3. The topological polar surface area (TPSA) is 27.8 Å². The van der Waals surface area contributed by atoms with Gasteiger partial charge < -0.3 is 10.3 Å². The van der Waals surface area contributed by atoms with E-state index in [0.29, 0.717) is 11.5 Å². The maximum absolute atomic E-state index is 3.65. The summed E-state index contributed by atoms with van der Waals surface area (Å²) in [4.78, 5) is 3.23. The van der Waals surface area contributed by atoms with E-state index < -0.39 is 0 Å². The van der Waals surface area contributed by atoms with E-state index in [1.807, 2.05) is 6.20 Å². The van der Waals surface area contributed by atoms with Gasteiger partial charge in [-0.05, 0) is 36.8 Å². The second kappa shape index (κ2) is 4.40. The number of H-pyrrole nitrogens is 1. The van der Waals surface area contributed by atoms with Crippen molar-refractivity contribution in [2.75, 3.05) is 0 Å². The van der Waals surface area contributed by atoms with E-state index in [1.54, 1.807) is 0 Å². The summed E-state index contributed by atoms with van der Waals surface area (Å²) in [5.74, 6) is 0. The molecule has 15 heavy (non-hydrogen) atoms. The predicted molar refractivity (Wildman–Crippen MR) is 63.7 cm³/mol. The van der Waals surface area contributed by atoms with Crippen molar-refractivity contribution in [1.82, 2.24) is 10.3 Å². The van der Waals surface area contributed by atoms with Gasteiger partial charge in [0.25, 0.3) is 0 Å². The number of aromatic amines is 1. The SMILES string of the molecule is CC1(C)CCCC(NCc2ccc[nH]2)C1. The zero-order valence-electron chi connectivity index (χ0n) is 9.84. The minimum absolute atomic E-state index is 0.533. The Hall–Kier alpha value is -0.760. The molecule has 0 aromatic carbocycles. The van der Waals surface area contributed by atoms with Crippen molar-refractivity contribution in [2.45, 2.75) is 52.1 Å². The summed E-state index contributed by atoms with van der Waals surface area (Å²) < 4.78 is 0. The van der Waals surface area contributed by atoms with Crippen LogP contribution in [0.1, 0.15) is 45.2 Å². The van der Waals surface area contributed by atoms with Gasteiger partial charge in [0.15, 0.2) is 0 Å². The average molecular weight is 206 g/mol. The van der Waals surface area contributed by atoms with E-state index in [1.165, 1.54) is 31.4 Å². The second-order valence-corrected chi connectivity index (χ2v) is 5.53. The lowest BCUT2D eigenvalue weighted by Gasteiger charge is -2.35. The molecule has 0 aliphatic heterocycles. The minimum Gasteiger partial charge on any atom is -0.364 e. The summed E-state index contributed by atoms with van der Waals surface area (Å²) in [5.41, 5.74) is 1.82. The largest absolute Gasteiger partial charge is 0.364 e. The molecule has 0 saturated heterocycles. The summed E-state index contributed by atoms with van der Waals surface area (Å²) in [6, 6.07) is 4.90. The third kappa shape index (κ3) is 3.10. The lowest BCUT2D eigenvalue weighted by Crippen LogP contribution is -2.36. The van der Waals surface area contributed by atoms with Crippen LogP contribution >= 0.6 is 0 Å². The smallest absolute Gasteiger partial charge is 0.0359 e. The normalized spacial score (nSPS) is 25.3. The van der Waals surface area contributed by atoms with Gasteiger partial charge in [0.1, 0.15) is 0 Å². The fourth-order valence-electron chi connectivity index (χ4n) is 2.60. The van der Waals surface area contributed by atoms with Crippen LogP contribution in [-0.4, -0.2) is 11.0 Å². The van der Waals surface area contributed by atoms with Gasteiger partial charge in [-0.25, -0.2) is 0 Å². The third-order valence-corrected chi connectivity index (χ3v) is 3.45. The van der Waals surface area contributed by atoms with Crippen molar-refractivity contribution in [3.05, 3.63) is 24.0 Å².